The number of nitrogens with zero attached hydrogens (tertiary/aromatic N) is 2. The van der Waals surface area contributed by atoms with Gasteiger partial charge in [0.15, 0.2) is 11.6 Å². The van der Waals surface area contributed by atoms with Gasteiger partial charge in [0.25, 0.3) is 0 Å². The summed E-state index contributed by atoms with van der Waals surface area (Å²) in [5.74, 6) is 0.0828. The van der Waals surface area contributed by atoms with Crippen LogP contribution in [0.5, 0.6) is 0 Å². The number of aromatic amines is 1. The van der Waals surface area contributed by atoms with E-state index in [1.807, 2.05) is 186 Å². The van der Waals surface area contributed by atoms with Gasteiger partial charge >= 0.3 is 0 Å². The van der Waals surface area contributed by atoms with E-state index in [2.05, 4.69) is 82.9 Å². The Morgan fingerprint density at radius 2 is 0.864 bits per heavy atom. The molecule has 8 aromatic rings. The number of hydrogen-bond acceptors (Lipinski definition) is 3. The van der Waals surface area contributed by atoms with Crippen molar-refractivity contribution < 1.29 is 9.59 Å². The van der Waals surface area contributed by atoms with Crippen LogP contribution < -0.4 is 0 Å². The lowest BCUT2D eigenvalue weighted by Gasteiger charge is -2.16. The number of carbonyl (C=O) groups excluding carboxylic acids is 2. The molecular weight excluding hydrogens is 807 g/mol. The van der Waals surface area contributed by atoms with E-state index in [4.69, 9.17) is 0 Å². The average molecular weight is 888 g/mol. The van der Waals surface area contributed by atoms with E-state index in [1.165, 1.54) is 11.1 Å². The highest BCUT2D eigenvalue weighted by atomic mass is 16.1. The van der Waals surface area contributed by atoms with Crippen LogP contribution >= 0.6 is 0 Å². The molecule has 8 rings (SSSR count). The molecule has 5 aromatic carbocycles. The molecule has 0 radical (unpaired) electrons. The van der Waals surface area contributed by atoms with Gasteiger partial charge in [0.2, 0.25) is 0 Å². The minimum absolute atomic E-state index is 0.117. The Kier molecular flexibility index (Phi) is 31.4. The highest BCUT2D eigenvalue weighted by Crippen LogP contribution is 2.31. The number of nitrogens with one attached hydrogen (secondary N) is 1. The monoisotopic (exact) mass is 888 g/mol. The number of aryl methyl sites for hydroxylation is 2. The van der Waals surface area contributed by atoms with E-state index < -0.39 is 0 Å². The lowest BCUT2D eigenvalue weighted by Crippen LogP contribution is -2.13. The molecule has 0 aliphatic rings. The summed E-state index contributed by atoms with van der Waals surface area (Å²) in [7, 11) is 0. The molecular formula is C61H81N3O2. The second-order valence-electron chi connectivity index (χ2n) is 13.7. The molecule has 0 aliphatic heterocycles. The van der Waals surface area contributed by atoms with Crippen LogP contribution in [0, 0.1) is 0 Å². The highest BCUT2D eigenvalue weighted by molar-refractivity contribution is 6.10. The molecule has 0 bridgehead atoms. The molecule has 2 unspecified atom stereocenters. The Morgan fingerprint density at radius 3 is 1.33 bits per heavy atom. The molecule has 66 heavy (non-hydrogen) atoms. The molecule has 0 amide bonds. The van der Waals surface area contributed by atoms with Gasteiger partial charge in [-0.1, -0.05) is 229 Å². The van der Waals surface area contributed by atoms with E-state index >= 15 is 0 Å². The zero-order valence-corrected chi connectivity index (χ0v) is 42.4. The fourth-order valence-electron chi connectivity index (χ4n) is 7.35. The number of carbonyl (C=O) groups is 2. The molecule has 0 fully saturated rings. The van der Waals surface area contributed by atoms with Crippen molar-refractivity contribution in [2.45, 2.75) is 133 Å². The largest absolute Gasteiger partial charge is 0.360 e. The predicted molar refractivity (Wildman–Crippen MR) is 287 cm³/mol. The topological polar surface area (TPSA) is 67.2 Å². The van der Waals surface area contributed by atoms with Gasteiger partial charge < -0.3 is 4.98 Å². The first-order valence-electron chi connectivity index (χ1n) is 24.9. The lowest BCUT2D eigenvalue weighted by molar-refractivity contribution is 0.0948. The number of hydrogen-bond donors (Lipinski definition) is 1. The molecule has 0 saturated heterocycles. The van der Waals surface area contributed by atoms with Gasteiger partial charge in [0, 0.05) is 40.7 Å². The van der Waals surface area contributed by atoms with Crippen LogP contribution in [0.2, 0.25) is 0 Å². The van der Waals surface area contributed by atoms with Crippen molar-refractivity contribution in [1.29, 1.82) is 0 Å². The number of fused-ring (bicyclic) bond motifs is 2. The fourth-order valence-corrected chi connectivity index (χ4v) is 7.35. The number of benzene rings is 5. The summed E-state index contributed by atoms with van der Waals surface area (Å²) < 4.78 is 1.76. The van der Waals surface area contributed by atoms with Gasteiger partial charge in [-0.25, -0.2) is 4.52 Å². The molecule has 1 N–H and O–H groups in total. The summed E-state index contributed by atoms with van der Waals surface area (Å²) in [6.07, 6.45) is 11.0. The Labute approximate surface area is 399 Å². The maximum atomic E-state index is 13.4. The predicted octanol–water partition coefficient (Wildman–Crippen LogP) is 17.6. The molecule has 5 heteroatoms. The Balaban J connectivity index is 0.000000539. The number of Topliss-reactive ketones (excluding diaryl/α,β-unsaturated/α-hetero) is 2. The third-order valence-electron chi connectivity index (χ3n) is 10.2. The SMILES string of the molecule is CC.CC.CC.CC.CC.CC.O=C(c1c[nH]c2ccccc12)C(CCCc1ccccc1)c1ccccc1.O=C(c1cnn2ccccc12)C(CCCc1ccccc1)c1ccccc1. The fraction of sp³-hybridized carbons (Fsp3) is 0.328. The second kappa shape index (κ2) is 36.0. The zero-order valence-electron chi connectivity index (χ0n) is 42.4. The van der Waals surface area contributed by atoms with E-state index in [9.17, 15) is 9.59 Å². The van der Waals surface area contributed by atoms with Crippen LogP contribution in [-0.4, -0.2) is 26.2 Å². The first-order valence-corrected chi connectivity index (χ1v) is 24.9. The Hall–Kier alpha value is -6.33. The van der Waals surface area contributed by atoms with Crippen molar-refractivity contribution in [2.24, 2.45) is 0 Å². The number of aromatic nitrogens is 3. The molecule has 0 spiro atoms. The normalized spacial score (nSPS) is 10.5. The summed E-state index contributed by atoms with van der Waals surface area (Å²) in [6, 6.07) is 55.0. The van der Waals surface area contributed by atoms with Gasteiger partial charge in [0.05, 0.1) is 17.3 Å². The second-order valence-corrected chi connectivity index (χ2v) is 13.7. The third kappa shape index (κ3) is 17.9. The molecule has 2 atom stereocenters. The Bertz CT molecular complexity index is 2210. The van der Waals surface area contributed by atoms with E-state index in [-0.39, 0.29) is 23.4 Å². The number of rotatable bonds is 14. The zero-order chi connectivity index (χ0) is 49.0. The van der Waals surface area contributed by atoms with E-state index in [0.717, 1.165) is 71.6 Å². The molecule has 5 nitrogen and oxygen atoms in total. The van der Waals surface area contributed by atoms with E-state index in [1.54, 1.807) is 10.7 Å². The van der Waals surface area contributed by atoms with Gasteiger partial charge in [-0.05, 0) is 79.0 Å². The van der Waals surface area contributed by atoms with Crippen molar-refractivity contribution in [1.82, 2.24) is 14.6 Å². The van der Waals surface area contributed by atoms with Crippen molar-refractivity contribution >= 4 is 28.0 Å². The Morgan fingerprint density at radius 1 is 0.470 bits per heavy atom. The van der Waals surface area contributed by atoms with Crippen molar-refractivity contribution in [3.63, 3.8) is 0 Å². The van der Waals surface area contributed by atoms with Crippen molar-refractivity contribution in [2.75, 3.05) is 0 Å². The molecule has 3 aromatic heterocycles. The molecule has 3 heterocycles. The lowest BCUT2D eigenvalue weighted by atomic mass is 9.86. The number of pyridine rings is 1. The van der Waals surface area contributed by atoms with Crippen molar-refractivity contribution in [3.05, 3.63) is 216 Å². The minimum Gasteiger partial charge on any atom is -0.360 e. The molecule has 0 aliphatic carbocycles. The van der Waals surface area contributed by atoms with Gasteiger partial charge in [-0.3, -0.25) is 9.59 Å². The first-order chi connectivity index (χ1) is 32.7. The maximum absolute atomic E-state index is 13.4. The summed E-state index contributed by atoms with van der Waals surface area (Å²) in [6.45, 7) is 24.0. The number of ketones is 2. The quantitative estimate of drug-likeness (QED) is 0.111. The number of H-pyrrole nitrogens is 1. The summed E-state index contributed by atoms with van der Waals surface area (Å²) in [4.78, 5) is 30.1. The van der Waals surface area contributed by atoms with Crippen LogP contribution in [-0.2, 0) is 12.8 Å². The van der Waals surface area contributed by atoms with Crippen LogP contribution in [0.3, 0.4) is 0 Å². The number of para-hydroxylation sites is 1. The van der Waals surface area contributed by atoms with Gasteiger partial charge in [-0.15, -0.1) is 0 Å². The standard InChI is InChI=1S/C25H23NO.C24H22N2O.6C2H6/c27-25(23-18-26-24-17-8-7-15-22(23)24)21(20-13-5-2-6-14-20)16-9-12-19-10-3-1-4-11-19;27-24(22-18-25-26-17-8-7-16-23(22)26)21(20-13-5-2-6-14-20)15-9-12-19-10-3-1-4-11-19;6*1-2/h1-8,10-11,13-15,17-18,21,26H,9,12,16H2;1-8,10-11,13-14,16-18,21H,9,12,15H2;6*1-2H3. The molecule has 0 saturated carbocycles. The minimum atomic E-state index is -0.150. The summed E-state index contributed by atoms with van der Waals surface area (Å²) in [5.41, 5.74) is 8.18. The van der Waals surface area contributed by atoms with Crippen LogP contribution in [0.1, 0.15) is 164 Å². The van der Waals surface area contributed by atoms with Crippen molar-refractivity contribution in [3.8, 4) is 0 Å². The van der Waals surface area contributed by atoms with Gasteiger partial charge in [0.1, 0.15) is 0 Å². The smallest absolute Gasteiger partial charge is 0.174 e. The summed E-state index contributed by atoms with van der Waals surface area (Å²) in [5, 5.41) is 5.35. The van der Waals surface area contributed by atoms with Crippen LogP contribution in [0.25, 0.3) is 16.4 Å². The maximum Gasteiger partial charge on any atom is 0.174 e. The van der Waals surface area contributed by atoms with E-state index in [0.29, 0.717) is 5.56 Å². The summed E-state index contributed by atoms with van der Waals surface area (Å²) >= 11 is 0. The van der Waals surface area contributed by atoms with Crippen LogP contribution in [0.4, 0.5) is 0 Å². The first kappa shape index (κ1) is 57.7. The average Bonchev–Trinajstić information content (AvgIpc) is 4.06. The highest BCUT2D eigenvalue weighted by Gasteiger charge is 2.25. The van der Waals surface area contributed by atoms with Crippen LogP contribution in [0.15, 0.2) is 182 Å². The third-order valence-corrected chi connectivity index (χ3v) is 10.2. The van der Waals surface area contributed by atoms with Gasteiger partial charge in [-0.2, -0.15) is 5.10 Å². The molecule has 352 valence electrons.